The minimum absolute atomic E-state index is 0.211. The van der Waals surface area contributed by atoms with E-state index in [0.717, 1.165) is 18.4 Å². The number of aromatic nitrogens is 2. The Labute approximate surface area is 133 Å². The molecule has 0 radical (unpaired) electrons. The number of hydrogen-bond acceptors (Lipinski definition) is 6. The van der Waals surface area contributed by atoms with E-state index in [0.29, 0.717) is 31.5 Å². The highest BCUT2D eigenvalue weighted by Gasteiger charge is 2.31. The third kappa shape index (κ3) is 4.10. The zero-order valence-corrected chi connectivity index (χ0v) is 12.9. The molecule has 23 heavy (non-hydrogen) atoms. The van der Waals surface area contributed by atoms with Crippen molar-refractivity contribution in [3.63, 3.8) is 0 Å². The zero-order valence-electron chi connectivity index (χ0n) is 12.9. The van der Waals surface area contributed by atoms with Gasteiger partial charge >= 0.3 is 6.03 Å². The summed E-state index contributed by atoms with van der Waals surface area (Å²) in [6, 6.07) is 1.21. The van der Waals surface area contributed by atoms with Gasteiger partial charge in [-0.25, -0.2) is 4.79 Å². The summed E-state index contributed by atoms with van der Waals surface area (Å²) in [4.78, 5) is 16.5. The Balaban J connectivity index is 1.64. The molecule has 1 saturated heterocycles. The van der Waals surface area contributed by atoms with Crippen LogP contribution in [0.4, 0.5) is 4.79 Å². The van der Waals surface area contributed by atoms with E-state index in [1.807, 2.05) is 0 Å². The van der Waals surface area contributed by atoms with Crippen molar-refractivity contribution in [2.75, 3.05) is 13.2 Å². The van der Waals surface area contributed by atoms with Gasteiger partial charge in [0, 0.05) is 25.3 Å². The predicted octanol–water partition coefficient (Wildman–Crippen LogP) is 1.94. The monoisotopic (exact) mass is 320 g/mol. The van der Waals surface area contributed by atoms with Crippen LogP contribution in [0.3, 0.4) is 0 Å². The van der Waals surface area contributed by atoms with E-state index in [1.165, 1.54) is 0 Å². The molecule has 1 atom stereocenters. The highest BCUT2D eigenvalue weighted by molar-refractivity contribution is 5.74. The number of aryl methyl sites for hydroxylation is 1. The molecule has 2 N–H and O–H groups in total. The fraction of sp³-hybridized carbons (Fsp3) is 0.533. The van der Waals surface area contributed by atoms with Gasteiger partial charge < -0.3 is 24.3 Å². The van der Waals surface area contributed by atoms with Gasteiger partial charge in [0.15, 0.2) is 5.82 Å². The average molecular weight is 320 g/mol. The van der Waals surface area contributed by atoms with E-state index in [1.54, 1.807) is 25.5 Å². The topological polar surface area (TPSA) is 102 Å². The van der Waals surface area contributed by atoms with Gasteiger partial charge in [-0.15, -0.1) is 0 Å². The molecule has 8 nitrogen and oxygen atoms in total. The molecule has 0 saturated carbocycles. The number of rotatable bonds is 5. The van der Waals surface area contributed by atoms with Crippen LogP contribution in [0, 0.1) is 12.8 Å². The van der Waals surface area contributed by atoms with Crippen LogP contribution in [0.1, 0.15) is 36.2 Å². The number of urea groups is 1. The third-order valence-electron chi connectivity index (χ3n) is 3.87. The molecule has 124 valence electrons. The standard InChI is InChI=1S/C15H20N4O4/c1-10-17-14(23-19-10)13(12-3-6-21-7-4-12)18-15(20)16-8-11-2-5-22-9-11/h2,5,9,12-13H,3-4,6-8H2,1H3,(H2,16,18,20). The van der Waals surface area contributed by atoms with Crippen molar-refractivity contribution < 1.29 is 18.5 Å². The van der Waals surface area contributed by atoms with Crippen molar-refractivity contribution in [3.05, 3.63) is 35.9 Å². The van der Waals surface area contributed by atoms with Crippen LogP contribution in [0.2, 0.25) is 0 Å². The van der Waals surface area contributed by atoms with Crippen LogP contribution in [0.15, 0.2) is 27.5 Å². The summed E-state index contributed by atoms with van der Waals surface area (Å²) < 4.78 is 15.6. The lowest BCUT2D eigenvalue weighted by Crippen LogP contribution is -2.41. The second-order valence-corrected chi connectivity index (χ2v) is 5.57. The van der Waals surface area contributed by atoms with Crippen molar-refractivity contribution in [1.82, 2.24) is 20.8 Å². The first-order chi connectivity index (χ1) is 11.2. The van der Waals surface area contributed by atoms with Crippen LogP contribution in [-0.2, 0) is 11.3 Å². The number of hydrogen-bond donors (Lipinski definition) is 2. The number of amides is 2. The smallest absolute Gasteiger partial charge is 0.315 e. The van der Waals surface area contributed by atoms with Crippen LogP contribution >= 0.6 is 0 Å². The minimum Gasteiger partial charge on any atom is -0.472 e. The molecule has 1 unspecified atom stereocenters. The van der Waals surface area contributed by atoms with Crippen molar-refractivity contribution in [1.29, 1.82) is 0 Å². The van der Waals surface area contributed by atoms with Gasteiger partial charge in [0.05, 0.1) is 12.5 Å². The summed E-state index contributed by atoms with van der Waals surface area (Å²) >= 11 is 0. The van der Waals surface area contributed by atoms with Gasteiger partial charge in [-0.3, -0.25) is 0 Å². The maximum Gasteiger partial charge on any atom is 0.315 e. The van der Waals surface area contributed by atoms with E-state index in [-0.39, 0.29) is 18.0 Å². The largest absolute Gasteiger partial charge is 0.472 e. The van der Waals surface area contributed by atoms with Crippen LogP contribution in [0.5, 0.6) is 0 Å². The average Bonchev–Trinajstić information content (AvgIpc) is 3.23. The predicted molar refractivity (Wildman–Crippen MR) is 79.4 cm³/mol. The Kier molecular flexibility index (Phi) is 4.92. The number of carbonyl (C=O) groups is 1. The number of nitrogens with zero attached hydrogens (tertiary/aromatic N) is 2. The van der Waals surface area contributed by atoms with Gasteiger partial charge in [-0.1, -0.05) is 5.16 Å². The fourth-order valence-electron chi connectivity index (χ4n) is 2.64. The van der Waals surface area contributed by atoms with Crippen molar-refractivity contribution in [2.45, 2.75) is 32.4 Å². The molecule has 0 aliphatic carbocycles. The second-order valence-electron chi connectivity index (χ2n) is 5.57. The van der Waals surface area contributed by atoms with E-state index >= 15 is 0 Å². The molecule has 8 heteroatoms. The normalized spacial score (nSPS) is 16.9. The molecule has 3 heterocycles. The molecular formula is C15H20N4O4. The van der Waals surface area contributed by atoms with Gasteiger partial charge in [-0.05, 0) is 31.7 Å². The molecule has 1 aliphatic rings. The van der Waals surface area contributed by atoms with E-state index in [2.05, 4.69) is 20.8 Å². The fourth-order valence-corrected chi connectivity index (χ4v) is 2.64. The molecule has 3 rings (SSSR count). The van der Waals surface area contributed by atoms with E-state index in [9.17, 15) is 4.79 Å². The number of ether oxygens (including phenoxy) is 1. The molecule has 2 aromatic rings. The third-order valence-corrected chi connectivity index (χ3v) is 3.87. The first-order valence-electron chi connectivity index (χ1n) is 7.66. The minimum atomic E-state index is -0.315. The number of nitrogens with one attached hydrogen (secondary N) is 2. The summed E-state index contributed by atoms with van der Waals surface area (Å²) in [6.45, 7) is 3.50. The Bertz CT molecular complexity index is 619. The second kappa shape index (κ2) is 7.28. The zero-order chi connectivity index (χ0) is 16.1. The Morgan fingerprint density at radius 2 is 2.26 bits per heavy atom. The molecule has 0 aromatic carbocycles. The molecule has 2 aromatic heterocycles. The van der Waals surface area contributed by atoms with Crippen molar-refractivity contribution in [2.24, 2.45) is 5.92 Å². The maximum atomic E-state index is 12.2. The first-order valence-corrected chi connectivity index (χ1v) is 7.66. The lowest BCUT2D eigenvalue weighted by Gasteiger charge is -2.28. The van der Waals surface area contributed by atoms with Crippen LogP contribution < -0.4 is 10.6 Å². The van der Waals surface area contributed by atoms with Crippen molar-refractivity contribution >= 4 is 6.03 Å². The van der Waals surface area contributed by atoms with Gasteiger partial charge in [0.2, 0.25) is 5.89 Å². The van der Waals surface area contributed by atoms with Crippen LogP contribution in [-0.4, -0.2) is 29.4 Å². The first kappa shape index (κ1) is 15.5. The van der Waals surface area contributed by atoms with E-state index < -0.39 is 0 Å². The Hall–Kier alpha value is -2.35. The Morgan fingerprint density at radius 3 is 2.91 bits per heavy atom. The number of carbonyl (C=O) groups excluding carboxylic acids is 1. The van der Waals surface area contributed by atoms with Gasteiger partial charge in [0.1, 0.15) is 6.04 Å². The highest BCUT2D eigenvalue weighted by atomic mass is 16.5. The van der Waals surface area contributed by atoms with Gasteiger partial charge in [-0.2, -0.15) is 4.98 Å². The Morgan fingerprint density at radius 1 is 1.43 bits per heavy atom. The van der Waals surface area contributed by atoms with E-state index in [4.69, 9.17) is 13.7 Å². The van der Waals surface area contributed by atoms with Crippen molar-refractivity contribution in [3.8, 4) is 0 Å². The summed E-state index contributed by atoms with van der Waals surface area (Å²) in [5, 5.41) is 9.57. The molecular weight excluding hydrogens is 300 g/mol. The molecule has 0 spiro atoms. The molecule has 0 bridgehead atoms. The molecule has 1 aliphatic heterocycles. The molecule has 2 amide bonds. The highest BCUT2D eigenvalue weighted by Crippen LogP contribution is 2.29. The summed E-state index contributed by atoms with van der Waals surface area (Å²) in [5.74, 6) is 1.20. The summed E-state index contributed by atoms with van der Waals surface area (Å²) in [6.07, 6.45) is 4.85. The SMILES string of the molecule is Cc1noc(C(NC(=O)NCc2ccoc2)C2CCOCC2)n1. The summed E-state index contributed by atoms with van der Waals surface area (Å²) in [5.41, 5.74) is 0.899. The molecule has 1 fully saturated rings. The van der Waals surface area contributed by atoms with Gasteiger partial charge in [0.25, 0.3) is 0 Å². The maximum absolute atomic E-state index is 12.2. The quantitative estimate of drug-likeness (QED) is 0.873. The summed E-state index contributed by atoms with van der Waals surface area (Å²) in [7, 11) is 0. The number of furan rings is 1. The lowest BCUT2D eigenvalue weighted by molar-refractivity contribution is 0.0503. The van der Waals surface area contributed by atoms with Crippen LogP contribution in [0.25, 0.3) is 0 Å². The lowest BCUT2D eigenvalue weighted by atomic mass is 9.91.